The minimum atomic E-state index is -0.274. The number of carbonyl (C=O) groups excluding carboxylic acids is 1. The number of thiophene rings is 1. The molecule has 0 spiro atoms. The van der Waals surface area contributed by atoms with E-state index in [4.69, 9.17) is 16.0 Å². The fourth-order valence-electron chi connectivity index (χ4n) is 3.27. The highest BCUT2D eigenvalue weighted by Gasteiger charge is 2.35. The third-order valence-corrected chi connectivity index (χ3v) is 6.72. The molecule has 0 saturated carbocycles. The van der Waals surface area contributed by atoms with Gasteiger partial charge in [-0.25, -0.2) is 5.01 Å². The highest BCUT2D eigenvalue weighted by atomic mass is 35.5. The zero-order valence-electron chi connectivity index (χ0n) is 16.0. The van der Waals surface area contributed by atoms with Gasteiger partial charge in [-0.05, 0) is 52.2 Å². The van der Waals surface area contributed by atoms with Crippen molar-refractivity contribution in [2.24, 2.45) is 5.10 Å². The monoisotopic (exact) mass is 470 g/mol. The van der Waals surface area contributed by atoms with Crippen molar-refractivity contribution < 1.29 is 9.21 Å². The van der Waals surface area contributed by atoms with Crippen molar-refractivity contribution in [3.63, 3.8) is 0 Å². The Morgan fingerprint density at radius 3 is 2.97 bits per heavy atom. The molecule has 1 aliphatic heterocycles. The molecule has 1 unspecified atom stereocenters. The van der Waals surface area contributed by atoms with E-state index in [0.717, 1.165) is 16.3 Å². The Labute approximate surface area is 190 Å². The third-order valence-electron chi connectivity index (χ3n) is 4.66. The molecule has 1 aromatic carbocycles. The van der Waals surface area contributed by atoms with Gasteiger partial charge in [-0.2, -0.15) is 9.78 Å². The molecule has 0 fully saturated rings. The Morgan fingerprint density at radius 2 is 2.19 bits per heavy atom. The predicted molar refractivity (Wildman–Crippen MR) is 119 cm³/mol. The molecule has 3 aromatic heterocycles. The number of carbonyl (C=O) groups is 1. The van der Waals surface area contributed by atoms with Crippen LogP contribution in [0, 0.1) is 0 Å². The third kappa shape index (κ3) is 4.14. The van der Waals surface area contributed by atoms with E-state index >= 15 is 0 Å². The fraction of sp³-hybridized carbons (Fsp3) is 0.150. The van der Waals surface area contributed by atoms with Gasteiger partial charge in [0.05, 0.1) is 28.3 Å². The lowest BCUT2D eigenvalue weighted by Crippen LogP contribution is -2.28. The summed E-state index contributed by atoms with van der Waals surface area (Å²) in [6.07, 6.45) is 2.21. The Morgan fingerprint density at radius 1 is 1.26 bits per heavy atom. The average molecular weight is 471 g/mol. The molecule has 0 bridgehead atoms. The largest absolute Gasteiger partial charge is 0.467 e. The van der Waals surface area contributed by atoms with Crippen LogP contribution in [0.25, 0.3) is 5.69 Å². The van der Waals surface area contributed by atoms with Crippen LogP contribution in [0.4, 0.5) is 0 Å². The first kappa shape index (κ1) is 20.0. The number of thioether (sulfide) groups is 1. The van der Waals surface area contributed by atoms with E-state index in [1.54, 1.807) is 34.4 Å². The Balaban J connectivity index is 1.35. The lowest BCUT2D eigenvalue weighted by Gasteiger charge is -2.19. The number of halogens is 1. The number of amides is 1. The van der Waals surface area contributed by atoms with Crippen molar-refractivity contribution in [2.75, 3.05) is 5.75 Å². The highest BCUT2D eigenvalue weighted by molar-refractivity contribution is 7.99. The molecule has 0 saturated heterocycles. The predicted octanol–water partition coefficient (Wildman–Crippen LogP) is 4.44. The van der Waals surface area contributed by atoms with E-state index in [1.165, 1.54) is 16.8 Å². The van der Waals surface area contributed by atoms with E-state index in [9.17, 15) is 4.79 Å². The van der Waals surface area contributed by atoms with Gasteiger partial charge in [-0.15, -0.1) is 16.4 Å². The highest BCUT2D eigenvalue weighted by Crippen LogP contribution is 2.34. The molecule has 11 heteroatoms. The molecule has 0 radical (unpaired) electrons. The maximum absolute atomic E-state index is 13.1. The lowest BCUT2D eigenvalue weighted by molar-refractivity contribution is -0.130. The second-order valence-electron chi connectivity index (χ2n) is 6.64. The first-order valence-electron chi connectivity index (χ1n) is 9.33. The molecule has 1 atom stereocenters. The van der Waals surface area contributed by atoms with E-state index in [2.05, 4.69) is 20.6 Å². The van der Waals surface area contributed by atoms with Crippen LogP contribution in [-0.4, -0.2) is 42.6 Å². The summed E-state index contributed by atoms with van der Waals surface area (Å²) in [5.74, 6) is 0.676. The molecule has 31 heavy (non-hydrogen) atoms. The number of rotatable bonds is 6. The molecule has 4 heterocycles. The SMILES string of the molecule is O=C(CSc1nnnn1-c1cccc(Cl)c1)N1N=C(c2cccs2)CC1c1ccco1. The van der Waals surface area contributed by atoms with Crippen molar-refractivity contribution in [3.8, 4) is 5.69 Å². The summed E-state index contributed by atoms with van der Waals surface area (Å²) in [7, 11) is 0. The summed E-state index contributed by atoms with van der Waals surface area (Å²) in [5.41, 5.74) is 1.60. The molecule has 156 valence electrons. The summed E-state index contributed by atoms with van der Waals surface area (Å²) >= 11 is 8.92. The number of benzene rings is 1. The normalized spacial score (nSPS) is 16.0. The Kier molecular flexibility index (Phi) is 5.58. The van der Waals surface area contributed by atoms with Crippen LogP contribution in [0.3, 0.4) is 0 Å². The van der Waals surface area contributed by atoms with Crippen LogP contribution in [0.1, 0.15) is 23.1 Å². The maximum Gasteiger partial charge on any atom is 0.253 e. The van der Waals surface area contributed by atoms with E-state index < -0.39 is 0 Å². The summed E-state index contributed by atoms with van der Waals surface area (Å²) < 4.78 is 7.14. The molecular weight excluding hydrogens is 456 g/mol. The Hall–Kier alpha value is -2.95. The van der Waals surface area contributed by atoms with E-state index in [1.807, 2.05) is 41.8 Å². The van der Waals surface area contributed by atoms with Gasteiger partial charge in [0, 0.05) is 11.4 Å². The number of hydrogen-bond acceptors (Lipinski definition) is 8. The van der Waals surface area contributed by atoms with Crippen LogP contribution >= 0.6 is 34.7 Å². The number of tetrazole rings is 1. The summed E-state index contributed by atoms with van der Waals surface area (Å²) in [6.45, 7) is 0. The second kappa shape index (κ2) is 8.66. The maximum atomic E-state index is 13.1. The molecule has 1 amide bonds. The van der Waals surface area contributed by atoms with Gasteiger partial charge in [-0.3, -0.25) is 4.79 Å². The fourth-order valence-corrected chi connectivity index (χ4v) is 4.91. The number of hydrazone groups is 1. The van der Waals surface area contributed by atoms with Crippen LogP contribution in [0.2, 0.25) is 5.02 Å². The van der Waals surface area contributed by atoms with E-state index in [0.29, 0.717) is 22.4 Å². The van der Waals surface area contributed by atoms with Crippen LogP contribution in [0.5, 0.6) is 0 Å². The number of nitrogens with zero attached hydrogens (tertiary/aromatic N) is 6. The van der Waals surface area contributed by atoms with Crippen molar-refractivity contribution in [1.82, 2.24) is 25.2 Å². The zero-order chi connectivity index (χ0) is 21.2. The number of hydrogen-bond donors (Lipinski definition) is 0. The van der Waals surface area contributed by atoms with Crippen LogP contribution in [0.15, 0.2) is 74.8 Å². The quantitative estimate of drug-likeness (QED) is 0.387. The van der Waals surface area contributed by atoms with Gasteiger partial charge in [0.1, 0.15) is 11.8 Å². The molecular formula is C20H15ClN6O2S2. The summed E-state index contributed by atoms with van der Waals surface area (Å²) in [4.78, 5) is 14.2. The van der Waals surface area contributed by atoms with E-state index in [-0.39, 0.29) is 17.7 Å². The Bertz CT molecular complexity index is 1220. The van der Waals surface area contributed by atoms with Crippen molar-refractivity contribution >= 4 is 46.3 Å². The number of furan rings is 1. The topological polar surface area (TPSA) is 89.4 Å². The average Bonchev–Trinajstić information content (AvgIpc) is 3.56. The van der Waals surface area contributed by atoms with Gasteiger partial charge in [0.25, 0.3) is 5.91 Å². The van der Waals surface area contributed by atoms with Gasteiger partial charge in [0.2, 0.25) is 5.16 Å². The van der Waals surface area contributed by atoms with Gasteiger partial charge in [-0.1, -0.05) is 35.5 Å². The summed E-state index contributed by atoms with van der Waals surface area (Å²) in [6, 6.07) is 14.6. The minimum Gasteiger partial charge on any atom is -0.467 e. The van der Waals surface area contributed by atoms with Gasteiger partial charge >= 0.3 is 0 Å². The molecule has 5 rings (SSSR count). The lowest BCUT2D eigenvalue weighted by atomic mass is 10.1. The van der Waals surface area contributed by atoms with Crippen molar-refractivity contribution in [3.05, 3.63) is 75.8 Å². The second-order valence-corrected chi connectivity index (χ2v) is 8.97. The molecule has 8 nitrogen and oxygen atoms in total. The van der Waals surface area contributed by atoms with Gasteiger partial charge < -0.3 is 4.42 Å². The van der Waals surface area contributed by atoms with Crippen molar-refractivity contribution in [2.45, 2.75) is 17.6 Å². The van der Waals surface area contributed by atoms with Crippen LogP contribution < -0.4 is 0 Å². The van der Waals surface area contributed by atoms with Gasteiger partial charge in [0.15, 0.2) is 0 Å². The smallest absolute Gasteiger partial charge is 0.253 e. The molecule has 0 N–H and O–H groups in total. The molecule has 1 aliphatic rings. The first-order chi connectivity index (χ1) is 15.2. The molecule has 0 aliphatic carbocycles. The van der Waals surface area contributed by atoms with Crippen LogP contribution in [-0.2, 0) is 4.79 Å². The number of aromatic nitrogens is 4. The summed E-state index contributed by atoms with van der Waals surface area (Å²) in [5, 5.41) is 21.0. The zero-order valence-corrected chi connectivity index (χ0v) is 18.3. The first-order valence-corrected chi connectivity index (χ1v) is 11.6. The molecule has 4 aromatic rings. The minimum absolute atomic E-state index is 0.124. The van der Waals surface area contributed by atoms with Crippen molar-refractivity contribution in [1.29, 1.82) is 0 Å². The standard InChI is InChI=1S/C20H15ClN6O2S2/c21-13-4-1-5-14(10-13)26-20(22-24-25-26)31-12-19(28)27-16(17-6-2-8-29-17)11-15(23-27)18-7-3-9-30-18/h1-10,16H,11-12H2.